The zero-order valence-electron chi connectivity index (χ0n) is 9.75. The van der Waals surface area contributed by atoms with E-state index < -0.39 is 0 Å². The third kappa shape index (κ3) is 3.90. The Balaban J connectivity index is 2.42. The molecule has 0 aliphatic heterocycles. The van der Waals surface area contributed by atoms with Gasteiger partial charge in [-0.05, 0) is 18.3 Å². The summed E-state index contributed by atoms with van der Waals surface area (Å²) in [5, 5.41) is 7.31. The molecule has 0 saturated heterocycles. The predicted octanol–water partition coefficient (Wildman–Crippen LogP) is 1.94. The molecule has 1 heterocycles. The van der Waals surface area contributed by atoms with Crippen LogP contribution in [0.2, 0.25) is 0 Å². The van der Waals surface area contributed by atoms with Gasteiger partial charge in [-0.3, -0.25) is 0 Å². The molecule has 0 radical (unpaired) electrons. The number of hydrogen-bond donors (Lipinski definition) is 1. The van der Waals surface area contributed by atoms with Crippen molar-refractivity contribution in [2.75, 3.05) is 0 Å². The molecule has 0 spiro atoms. The molecule has 80 valence electrons. The summed E-state index contributed by atoms with van der Waals surface area (Å²) in [5.41, 5.74) is 1.17. The first kappa shape index (κ1) is 11.2. The Hall–Kier alpha value is -0.860. The van der Waals surface area contributed by atoms with E-state index in [1.165, 1.54) is 12.1 Å². The second-order valence-corrected chi connectivity index (χ2v) is 4.81. The van der Waals surface area contributed by atoms with Gasteiger partial charge in [0.1, 0.15) is 6.54 Å². The zero-order valence-corrected chi connectivity index (χ0v) is 9.75. The van der Waals surface area contributed by atoms with Gasteiger partial charge in [-0.25, -0.2) is 0 Å². The van der Waals surface area contributed by atoms with Crippen LogP contribution in [0, 0.1) is 11.8 Å². The van der Waals surface area contributed by atoms with Gasteiger partial charge >= 0.3 is 0 Å². The fourth-order valence-corrected chi connectivity index (χ4v) is 1.39. The highest BCUT2D eigenvalue weighted by Gasteiger charge is 2.10. The fraction of sp³-hybridized carbons (Fsp3) is 0.818. The lowest BCUT2D eigenvalue weighted by molar-refractivity contribution is -0.754. The van der Waals surface area contributed by atoms with Crippen LogP contribution in [0.25, 0.3) is 0 Å². The Labute approximate surface area is 86.5 Å². The summed E-state index contributed by atoms with van der Waals surface area (Å²) in [5.74, 6) is 1.43. The molecule has 0 unspecified atom stereocenters. The van der Waals surface area contributed by atoms with Gasteiger partial charge in [0, 0.05) is 11.5 Å². The molecule has 0 aliphatic carbocycles. The molecular formula is C11H22N3+. The number of H-pyrrole nitrogens is 1. The number of rotatable bonds is 5. The molecule has 1 rings (SSSR count). The SMILES string of the molecule is CC(C)CC[n+]1cc(CC(C)C)n[nH]1. The van der Waals surface area contributed by atoms with E-state index in [-0.39, 0.29) is 0 Å². The molecule has 0 saturated carbocycles. The van der Waals surface area contributed by atoms with E-state index in [1.807, 2.05) is 0 Å². The number of nitrogens with one attached hydrogen (secondary N) is 1. The summed E-state index contributed by atoms with van der Waals surface area (Å²) in [6, 6.07) is 0. The van der Waals surface area contributed by atoms with Crippen molar-refractivity contribution in [1.29, 1.82) is 0 Å². The van der Waals surface area contributed by atoms with Crippen molar-refractivity contribution in [1.82, 2.24) is 10.3 Å². The topological polar surface area (TPSA) is 32.6 Å². The van der Waals surface area contributed by atoms with Crippen molar-refractivity contribution in [3.05, 3.63) is 11.9 Å². The first-order valence-corrected chi connectivity index (χ1v) is 5.51. The van der Waals surface area contributed by atoms with E-state index in [2.05, 4.69) is 48.9 Å². The van der Waals surface area contributed by atoms with Gasteiger partial charge in [0.25, 0.3) is 0 Å². The Morgan fingerprint density at radius 1 is 1.29 bits per heavy atom. The van der Waals surface area contributed by atoms with E-state index in [0.29, 0.717) is 5.92 Å². The van der Waals surface area contributed by atoms with Crippen molar-refractivity contribution in [3.8, 4) is 0 Å². The minimum absolute atomic E-state index is 0.678. The molecule has 0 fully saturated rings. The summed E-state index contributed by atoms with van der Waals surface area (Å²) in [7, 11) is 0. The highest BCUT2D eigenvalue weighted by molar-refractivity contribution is 4.87. The Morgan fingerprint density at radius 2 is 2.00 bits per heavy atom. The van der Waals surface area contributed by atoms with Crippen LogP contribution >= 0.6 is 0 Å². The molecule has 1 N–H and O–H groups in total. The molecule has 3 nitrogen and oxygen atoms in total. The number of hydrogen-bond acceptors (Lipinski definition) is 1. The number of aromatic nitrogens is 3. The van der Waals surface area contributed by atoms with Gasteiger partial charge in [0.15, 0.2) is 6.20 Å². The lowest BCUT2D eigenvalue weighted by atomic mass is 10.1. The lowest BCUT2D eigenvalue weighted by Crippen LogP contribution is -2.35. The third-order valence-corrected chi connectivity index (χ3v) is 2.19. The number of aryl methyl sites for hydroxylation is 1. The van der Waals surface area contributed by atoms with Crippen LogP contribution in [-0.2, 0) is 13.0 Å². The van der Waals surface area contributed by atoms with Crippen LogP contribution < -0.4 is 4.68 Å². The smallest absolute Gasteiger partial charge is 0.163 e. The predicted molar refractivity (Wildman–Crippen MR) is 56.8 cm³/mol. The van der Waals surface area contributed by atoms with Crippen molar-refractivity contribution in [2.24, 2.45) is 11.8 Å². The van der Waals surface area contributed by atoms with Crippen LogP contribution in [-0.4, -0.2) is 10.3 Å². The molecule has 3 heteroatoms. The zero-order chi connectivity index (χ0) is 10.6. The molecular weight excluding hydrogens is 174 g/mol. The maximum atomic E-state index is 4.27. The normalized spacial score (nSPS) is 11.6. The summed E-state index contributed by atoms with van der Waals surface area (Å²) in [6.07, 6.45) is 4.39. The van der Waals surface area contributed by atoms with E-state index in [1.54, 1.807) is 0 Å². The van der Waals surface area contributed by atoms with Crippen molar-refractivity contribution in [2.45, 2.75) is 47.1 Å². The summed E-state index contributed by atoms with van der Waals surface area (Å²) in [6.45, 7) is 9.96. The van der Waals surface area contributed by atoms with Gasteiger partial charge < -0.3 is 0 Å². The third-order valence-electron chi connectivity index (χ3n) is 2.19. The molecule has 0 atom stereocenters. The highest BCUT2D eigenvalue weighted by Crippen LogP contribution is 2.02. The first-order valence-electron chi connectivity index (χ1n) is 5.51. The van der Waals surface area contributed by atoms with Crippen LogP contribution in [0.1, 0.15) is 39.8 Å². The molecule has 1 aromatic heterocycles. The average Bonchev–Trinajstić information content (AvgIpc) is 2.47. The average molecular weight is 196 g/mol. The van der Waals surface area contributed by atoms with Gasteiger partial charge in [0.2, 0.25) is 5.69 Å². The quantitative estimate of drug-likeness (QED) is 0.717. The first-order chi connectivity index (χ1) is 6.58. The van der Waals surface area contributed by atoms with Crippen molar-refractivity contribution in [3.63, 3.8) is 0 Å². The Kier molecular flexibility index (Phi) is 4.11. The van der Waals surface area contributed by atoms with E-state index >= 15 is 0 Å². The number of aromatic amines is 1. The molecule has 0 amide bonds. The minimum atomic E-state index is 0.678. The lowest BCUT2D eigenvalue weighted by Gasteiger charge is -1.99. The maximum absolute atomic E-state index is 4.27. The molecule has 14 heavy (non-hydrogen) atoms. The number of nitrogens with zero attached hydrogens (tertiary/aromatic N) is 2. The van der Waals surface area contributed by atoms with Crippen molar-refractivity contribution < 1.29 is 4.68 Å². The van der Waals surface area contributed by atoms with Gasteiger partial charge in [-0.15, -0.1) is 0 Å². The summed E-state index contributed by atoms with van der Waals surface area (Å²) >= 11 is 0. The van der Waals surface area contributed by atoms with Crippen LogP contribution in [0.5, 0.6) is 0 Å². The van der Waals surface area contributed by atoms with Gasteiger partial charge in [-0.2, -0.15) is 4.68 Å². The highest BCUT2D eigenvalue weighted by atomic mass is 15.4. The van der Waals surface area contributed by atoms with Gasteiger partial charge in [0.05, 0.1) is 0 Å². The van der Waals surface area contributed by atoms with Crippen LogP contribution in [0.3, 0.4) is 0 Å². The molecule has 0 bridgehead atoms. The minimum Gasteiger partial charge on any atom is -0.163 e. The van der Waals surface area contributed by atoms with Crippen LogP contribution in [0.15, 0.2) is 6.20 Å². The van der Waals surface area contributed by atoms with Crippen LogP contribution in [0.4, 0.5) is 0 Å². The molecule has 1 aromatic rings. The van der Waals surface area contributed by atoms with E-state index in [9.17, 15) is 0 Å². The standard InChI is InChI=1S/C11H21N3/c1-9(2)5-6-14-8-11(12-13-14)7-10(3)4/h8-10H,5-7H2,1-4H3/p+1. The largest absolute Gasteiger partial charge is 0.218 e. The summed E-state index contributed by atoms with van der Waals surface area (Å²) < 4.78 is 2.08. The summed E-state index contributed by atoms with van der Waals surface area (Å²) in [4.78, 5) is 0. The maximum Gasteiger partial charge on any atom is 0.218 e. The van der Waals surface area contributed by atoms with E-state index in [0.717, 1.165) is 18.9 Å². The van der Waals surface area contributed by atoms with Gasteiger partial charge in [-0.1, -0.05) is 32.9 Å². The molecule has 0 aromatic carbocycles. The second-order valence-electron chi connectivity index (χ2n) is 4.81. The monoisotopic (exact) mass is 196 g/mol. The molecule has 0 aliphatic rings. The fourth-order valence-electron chi connectivity index (χ4n) is 1.39. The second kappa shape index (κ2) is 5.13. The van der Waals surface area contributed by atoms with Crippen molar-refractivity contribution >= 4 is 0 Å². The van der Waals surface area contributed by atoms with E-state index in [4.69, 9.17) is 0 Å². The Morgan fingerprint density at radius 3 is 2.57 bits per heavy atom. The Bertz CT molecular complexity index is 263.